The zero-order valence-electron chi connectivity index (χ0n) is 13.5. The lowest BCUT2D eigenvalue weighted by Crippen LogP contribution is -2.25. The minimum absolute atomic E-state index is 0.496. The SMILES string of the molecule is Cc1noc(-c2ccc(NCc3cccc4c3CCNC4)nc2)n1. The zero-order valence-corrected chi connectivity index (χ0v) is 13.5. The molecule has 0 saturated carbocycles. The monoisotopic (exact) mass is 321 g/mol. The van der Waals surface area contributed by atoms with Gasteiger partial charge in [-0.15, -0.1) is 0 Å². The highest BCUT2D eigenvalue weighted by Gasteiger charge is 2.12. The van der Waals surface area contributed by atoms with Crippen LogP contribution in [-0.2, 0) is 19.5 Å². The van der Waals surface area contributed by atoms with Gasteiger partial charge in [-0.2, -0.15) is 4.98 Å². The van der Waals surface area contributed by atoms with Gasteiger partial charge in [0.15, 0.2) is 5.82 Å². The van der Waals surface area contributed by atoms with Crippen molar-refractivity contribution in [2.24, 2.45) is 0 Å². The quantitative estimate of drug-likeness (QED) is 0.769. The highest BCUT2D eigenvalue weighted by molar-refractivity contribution is 5.54. The van der Waals surface area contributed by atoms with Gasteiger partial charge in [-0.1, -0.05) is 23.4 Å². The molecule has 3 aromatic rings. The largest absolute Gasteiger partial charge is 0.366 e. The van der Waals surface area contributed by atoms with E-state index in [4.69, 9.17) is 4.52 Å². The van der Waals surface area contributed by atoms with Crippen molar-refractivity contribution in [2.75, 3.05) is 11.9 Å². The maximum Gasteiger partial charge on any atom is 0.259 e. The summed E-state index contributed by atoms with van der Waals surface area (Å²) in [5, 5.41) is 10.6. The van der Waals surface area contributed by atoms with Crippen LogP contribution in [0.1, 0.15) is 22.5 Å². The van der Waals surface area contributed by atoms with Crippen molar-refractivity contribution in [3.8, 4) is 11.5 Å². The van der Waals surface area contributed by atoms with E-state index in [1.807, 2.05) is 12.1 Å². The van der Waals surface area contributed by atoms with Gasteiger partial charge in [0.1, 0.15) is 5.82 Å². The second kappa shape index (κ2) is 6.41. The van der Waals surface area contributed by atoms with E-state index in [1.165, 1.54) is 16.7 Å². The van der Waals surface area contributed by atoms with Gasteiger partial charge in [0.2, 0.25) is 0 Å². The lowest BCUT2D eigenvalue weighted by molar-refractivity contribution is 0.425. The standard InChI is InChI=1S/C18H19N5O/c1-12-22-18(24-23-12)15-5-6-17(21-11-15)20-10-14-4-2-3-13-9-19-8-7-16(13)14/h2-6,11,19H,7-10H2,1H3,(H,20,21). The molecule has 0 fully saturated rings. The van der Waals surface area contributed by atoms with E-state index < -0.39 is 0 Å². The van der Waals surface area contributed by atoms with Gasteiger partial charge in [-0.3, -0.25) is 0 Å². The summed E-state index contributed by atoms with van der Waals surface area (Å²) in [4.78, 5) is 8.65. The Morgan fingerprint density at radius 1 is 1.25 bits per heavy atom. The van der Waals surface area contributed by atoms with E-state index in [9.17, 15) is 0 Å². The van der Waals surface area contributed by atoms with Crippen LogP contribution in [0.2, 0.25) is 0 Å². The Balaban J connectivity index is 1.47. The molecule has 4 rings (SSSR count). The second-order valence-electron chi connectivity index (χ2n) is 5.91. The average Bonchev–Trinajstić information content (AvgIpc) is 3.07. The number of hydrogen-bond donors (Lipinski definition) is 2. The first-order valence-corrected chi connectivity index (χ1v) is 8.10. The molecule has 0 spiro atoms. The van der Waals surface area contributed by atoms with Gasteiger partial charge >= 0.3 is 0 Å². The first-order valence-electron chi connectivity index (χ1n) is 8.10. The molecule has 2 N–H and O–H groups in total. The Bertz CT molecular complexity index is 841. The summed E-state index contributed by atoms with van der Waals surface area (Å²) in [6, 6.07) is 10.4. The number of benzene rings is 1. The topological polar surface area (TPSA) is 75.9 Å². The Morgan fingerprint density at radius 3 is 3.00 bits per heavy atom. The highest BCUT2D eigenvalue weighted by atomic mass is 16.5. The summed E-state index contributed by atoms with van der Waals surface area (Å²) in [6.45, 7) is 4.57. The van der Waals surface area contributed by atoms with Gasteiger partial charge in [0.05, 0.1) is 5.56 Å². The van der Waals surface area contributed by atoms with E-state index in [-0.39, 0.29) is 0 Å². The predicted molar refractivity (Wildman–Crippen MR) is 91.4 cm³/mol. The van der Waals surface area contributed by atoms with Crippen LogP contribution < -0.4 is 10.6 Å². The van der Waals surface area contributed by atoms with Crippen molar-refractivity contribution < 1.29 is 4.52 Å². The number of aryl methyl sites for hydroxylation is 1. The number of nitrogens with one attached hydrogen (secondary N) is 2. The predicted octanol–water partition coefficient (Wildman–Crippen LogP) is 2.70. The lowest BCUT2D eigenvalue weighted by atomic mass is 9.95. The molecule has 0 saturated heterocycles. The summed E-state index contributed by atoms with van der Waals surface area (Å²) in [5.74, 6) is 1.95. The molecule has 3 heterocycles. The molecule has 6 nitrogen and oxygen atoms in total. The van der Waals surface area contributed by atoms with Gasteiger partial charge < -0.3 is 15.2 Å². The maximum atomic E-state index is 5.15. The molecule has 0 unspecified atom stereocenters. The van der Waals surface area contributed by atoms with E-state index in [0.717, 1.165) is 37.4 Å². The molecule has 6 heteroatoms. The van der Waals surface area contributed by atoms with Crippen molar-refractivity contribution in [3.63, 3.8) is 0 Å². The van der Waals surface area contributed by atoms with Gasteiger partial charge in [0, 0.05) is 19.3 Å². The van der Waals surface area contributed by atoms with E-state index in [0.29, 0.717) is 11.7 Å². The third kappa shape index (κ3) is 3.00. The van der Waals surface area contributed by atoms with Gasteiger partial charge in [-0.25, -0.2) is 4.98 Å². The fraction of sp³-hybridized carbons (Fsp3) is 0.278. The molecule has 24 heavy (non-hydrogen) atoms. The van der Waals surface area contributed by atoms with Crippen LogP contribution >= 0.6 is 0 Å². The number of nitrogens with zero attached hydrogens (tertiary/aromatic N) is 3. The number of pyridine rings is 1. The number of hydrogen-bond acceptors (Lipinski definition) is 6. The third-order valence-electron chi connectivity index (χ3n) is 4.24. The van der Waals surface area contributed by atoms with Crippen LogP contribution in [0.3, 0.4) is 0 Å². The summed E-state index contributed by atoms with van der Waals surface area (Å²) < 4.78 is 5.15. The van der Waals surface area contributed by atoms with Gasteiger partial charge in [-0.05, 0) is 48.7 Å². The average molecular weight is 321 g/mol. The molecule has 1 aromatic carbocycles. The number of fused-ring (bicyclic) bond motifs is 1. The van der Waals surface area contributed by atoms with E-state index in [1.54, 1.807) is 13.1 Å². The van der Waals surface area contributed by atoms with Crippen LogP contribution in [-0.4, -0.2) is 21.7 Å². The van der Waals surface area contributed by atoms with E-state index in [2.05, 4.69) is 44.0 Å². The summed E-state index contributed by atoms with van der Waals surface area (Å²) in [5.41, 5.74) is 5.02. The zero-order chi connectivity index (χ0) is 16.4. The molecule has 2 aromatic heterocycles. The number of rotatable bonds is 4. The smallest absolute Gasteiger partial charge is 0.259 e. The molecule has 0 atom stereocenters. The Hall–Kier alpha value is -2.73. The number of anilines is 1. The first kappa shape index (κ1) is 14.8. The van der Waals surface area contributed by atoms with Crippen molar-refractivity contribution >= 4 is 5.82 Å². The Labute approximate surface area is 140 Å². The first-order chi connectivity index (χ1) is 11.8. The molecule has 122 valence electrons. The molecular weight excluding hydrogens is 302 g/mol. The molecular formula is C18H19N5O. The normalized spacial score (nSPS) is 13.5. The van der Waals surface area contributed by atoms with Crippen LogP contribution in [0.25, 0.3) is 11.5 Å². The van der Waals surface area contributed by atoms with Gasteiger partial charge in [0.25, 0.3) is 5.89 Å². The second-order valence-corrected chi connectivity index (χ2v) is 5.91. The summed E-state index contributed by atoms with van der Waals surface area (Å²) >= 11 is 0. The minimum atomic E-state index is 0.496. The third-order valence-corrected chi connectivity index (χ3v) is 4.24. The van der Waals surface area contributed by atoms with Crippen molar-refractivity contribution in [1.29, 1.82) is 0 Å². The van der Waals surface area contributed by atoms with Crippen LogP contribution in [0, 0.1) is 6.92 Å². The van der Waals surface area contributed by atoms with E-state index >= 15 is 0 Å². The minimum Gasteiger partial charge on any atom is -0.366 e. The Kier molecular flexibility index (Phi) is 3.96. The Morgan fingerprint density at radius 2 is 2.21 bits per heavy atom. The fourth-order valence-electron chi connectivity index (χ4n) is 3.00. The molecule has 0 radical (unpaired) electrons. The molecule has 1 aliphatic heterocycles. The highest BCUT2D eigenvalue weighted by Crippen LogP contribution is 2.21. The molecule has 1 aliphatic rings. The molecule has 0 bridgehead atoms. The maximum absolute atomic E-state index is 5.15. The van der Waals surface area contributed by atoms with Crippen LogP contribution in [0.5, 0.6) is 0 Å². The van der Waals surface area contributed by atoms with Crippen molar-refractivity contribution in [1.82, 2.24) is 20.4 Å². The summed E-state index contributed by atoms with van der Waals surface area (Å²) in [6.07, 6.45) is 2.83. The van der Waals surface area contributed by atoms with Crippen LogP contribution in [0.4, 0.5) is 5.82 Å². The van der Waals surface area contributed by atoms with Crippen molar-refractivity contribution in [2.45, 2.75) is 26.4 Å². The number of aromatic nitrogens is 3. The van der Waals surface area contributed by atoms with Crippen LogP contribution in [0.15, 0.2) is 41.1 Å². The van der Waals surface area contributed by atoms with Crippen molar-refractivity contribution in [3.05, 3.63) is 59.0 Å². The molecule has 0 amide bonds. The lowest BCUT2D eigenvalue weighted by Gasteiger charge is -2.20. The summed E-state index contributed by atoms with van der Waals surface area (Å²) in [7, 11) is 0. The molecule has 0 aliphatic carbocycles. The fourth-order valence-corrected chi connectivity index (χ4v) is 3.00.